The fraction of sp³-hybridized carbons (Fsp3) is 0.385. The van der Waals surface area contributed by atoms with Crippen molar-refractivity contribution in [1.29, 1.82) is 0 Å². The zero-order valence-electron chi connectivity index (χ0n) is 21.6. The van der Waals surface area contributed by atoms with Crippen molar-refractivity contribution in [3.8, 4) is 5.75 Å². The molecule has 0 spiro atoms. The monoisotopic (exact) mass is 539 g/mol. The first-order valence-electron chi connectivity index (χ1n) is 12.7. The van der Waals surface area contributed by atoms with Crippen LogP contribution in [-0.4, -0.2) is 82.9 Å². The van der Waals surface area contributed by atoms with Gasteiger partial charge in [-0.3, -0.25) is 14.8 Å². The number of carbonyl (C=O) groups is 1. The molecule has 1 aromatic carbocycles. The van der Waals surface area contributed by atoms with Crippen LogP contribution in [0.1, 0.15) is 30.1 Å². The van der Waals surface area contributed by atoms with Gasteiger partial charge in [0.15, 0.2) is 29.9 Å². The number of hydrogen-bond donors (Lipinski definition) is 4. The van der Waals surface area contributed by atoms with Gasteiger partial charge in [0, 0.05) is 67.1 Å². The van der Waals surface area contributed by atoms with Crippen molar-refractivity contribution in [2.45, 2.75) is 25.7 Å². The molecule has 0 atom stereocenters. The number of aromatic amines is 2. The largest absolute Gasteiger partial charge is 0.468 e. The number of benzene rings is 1. The van der Waals surface area contributed by atoms with Crippen molar-refractivity contribution in [3.05, 3.63) is 53.1 Å². The number of hydrogen-bond acceptors (Lipinski definition) is 7. The highest BCUT2D eigenvalue weighted by Gasteiger charge is 2.26. The number of ether oxygens (including phenoxy) is 1. The van der Waals surface area contributed by atoms with Gasteiger partial charge in [0.1, 0.15) is 11.7 Å². The number of H-pyrrole nitrogens is 2. The highest BCUT2D eigenvalue weighted by Crippen LogP contribution is 2.39. The quantitative estimate of drug-likeness (QED) is 0.231. The first-order valence-corrected chi connectivity index (χ1v) is 12.7. The maximum atomic E-state index is 15.0. The zero-order chi connectivity index (χ0) is 27.5. The van der Waals surface area contributed by atoms with Gasteiger partial charge in [-0.15, -0.1) is 0 Å². The minimum absolute atomic E-state index is 0.0919. The topological polar surface area (TPSA) is 140 Å². The van der Waals surface area contributed by atoms with E-state index in [1.54, 1.807) is 13.0 Å². The number of rotatable bonds is 10. The number of amidine groups is 1. The second-order valence-electron chi connectivity index (χ2n) is 9.73. The predicted octanol–water partition coefficient (Wildman–Crippen LogP) is 2.85. The molecule has 5 N–H and O–H groups in total. The number of aliphatic imine (C=N–C) groups is 2. The summed E-state index contributed by atoms with van der Waals surface area (Å²) >= 11 is 0. The summed E-state index contributed by atoms with van der Waals surface area (Å²) in [6.07, 6.45) is 3.98. The number of fused-ring (bicyclic) bond motifs is 1. The number of amides is 1. The normalized spacial score (nSPS) is 17.1. The summed E-state index contributed by atoms with van der Waals surface area (Å²) in [5.74, 6) is 0.125. The number of primary amides is 1. The van der Waals surface area contributed by atoms with Crippen LogP contribution < -0.4 is 15.8 Å². The van der Waals surface area contributed by atoms with Crippen LogP contribution in [0.5, 0.6) is 5.75 Å². The lowest BCUT2D eigenvalue weighted by molar-refractivity contribution is -0.119. The molecule has 1 aliphatic heterocycles. The van der Waals surface area contributed by atoms with Gasteiger partial charge in [0.25, 0.3) is 0 Å². The van der Waals surface area contributed by atoms with Crippen LogP contribution in [0, 0.1) is 18.6 Å². The fourth-order valence-corrected chi connectivity index (χ4v) is 4.58. The minimum atomic E-state index is -0.664. The summed E-state index contributed by atoms with van der Waals surface area (Å²) in [7, 11) is 0. The van der Waals surface area contributed by atoms with Gasteiger partial charge in [-0.1, -0.05) is 0 Å². The van der Waals surface area contributed by atoms with Gasteiger partial charge in [-0.25, -0.2) is 18.8 Å². The van der Waals surface area contributed by atoms with Crippen LogP contribution in [0.4, 0.5) is 14.6 Å². The number of nitrogens with zero attached hydrogens (tertiary/aromatic N) is 5. The highest BCUT2D eigenvalue weighted by atomic mass is 19.1. The van der Waals surface area contributed by atoms with E-state index in [2.05, 4.69) is 37.2 Å². The molecule has 2 aliphatic rings. The standard InChI is InChI=1S/C26H31F2N9O2/c1-15-9-17-25(28)20(10-18(27)26(17)32-15)39-14-31-24(37-7-5-36(6-8-37)13-21(29)38)12-22(30-2)33-23-11-19(34-35-23)16-3-4-16/h9-12,16,32H,2-8,13-14H2,1H3,(H2,29,38)(H2,33,34,35)/b22-12+,31-24+. The second kappa shape index (κ2) is 11.2. The van der Waals surface area contributed by atoms with Crippen LogP contribution >= 0.6 is 0 Å². The van der Waals surface area contributed by atoms with Crippen molar-refractivity contribution < 1.29 is 18.3 Å². The molecule has 3 heterocycles. The Morgan fingerprint density at radius 3 is 2.74 bits per heavy atom. The maximum absolute atomic E-state index is 15.0. The average Bonchev–Trinajstić information content (AvgIpc) is 3.52. The van der Waals surface area contributed by atoms with Crippen molar-refractivity contribution in [2.24, 2.45) is 15.7 Å². The molecule has 206 valence electrons. The molecule has 2 aromatic heterocycles. The predicted molar refractivity (Wildman–Crippen MR) is 145 cm³/mol. The Morgan fingerprint density at radius 1 is 1.28 bits per heavy atom. The number of halogens is 2. The number of nitrogens with two attached hydrogens (primary N) is 1. The zero-order valence-corrected chi connectivity index (χ0v) is 21.6. The van der Waals surface area contributed by atoms with E-state index in [9.17, 15) is 13.6 Å². The van der Waals surface area contributed by atoms with Crippen molar-refractivity contribution in [3.63, 3.8) is 0 Å². The third-order valence-electron chi connectivity index (χ3n) is 6.73. The van der Waals surface area contributed by atoms with Gasteiger partial charge in [-0.2, -0.15) is 5.10 Å². The molecule has 0 bridgehead atoms. The molecule has 2 fully saturated rings. The summed E-state index contributed by atoms with van der Waals surface area (Å²) in [5, 5.41) is 10.6. The van der Waals surface area contributed by atoms with Crippen LogP contribution in [0.2, 0.25) is 0 Å². The van der Waals surface area contributed by atoms with Gasteiger partial charge in [0.2, 0.25) is 5.91 Å². The van der Waals surface area contributed by atoms with E-state index in [4.69, 9.17) is 10.5 Å². The molecule has 5 rings (SSSR count). The third kappa shape index (κ3) is 6.25. The maximum Gasteiger partial charge on any atom is 0.231 e. The third-order valence-corrected chi connectivity index (χ3v) is 6.73. The number of piperazine rings is 1. The lowest BCUT2D eigenvalue weighted by Gasteiger charge is -2.35. The number of aromatic nitrogens is 3. The van der Waals surface area contributed by atoms with Crippen LogP contribution in [0.25, 0.3) is 10.9 Å². The Kier molecular flexibility index (Phi) is 7.59. The number of nitrogens with one attached hydrogen (secondary N) is 3. The highest BCUT2D eigenvalue weighted by molar-refractivity contribution is 5.94. The molecule has 39 heavy (non-hydrogen) atoms. The first kappa shape index (κ1) is 26.4. The average molecular weight is 540 g/mol. The SMILES string of the molecule is C=N/C(=C\C(=N/COc1cc(F)c2[nH]c(C)cc2c1F)N1CCN(CC(N)=O)CC1)Nc1cc(C2CC2)[nH]n1. The molecule has 1 amide bonds. The Bertz CT molecular complexity index is 1430. The minimum Gasteiger partial charge on any atom is -0.468 e. The van der Waals surface area contributed by atoms with Crippen LogP contribution in [0.3, 0.4) is 0 Å². The fourth-order valence-electron chi connectivity index (χ4n) is 4.58. The molecule has 1 saturated carbocycles. The van der Waals surface area contributed by atoms with E-state index < -0.39 is 11.6 Å². The summed E-state index contributed by atoms with van der Waals surface area (Å²) in [6.45, 7) is 7.58. The summed E-state index contributed by atoms with van der Waals surface area (Å²) in [5.41, 5.74) is 7.14. The number of aryl methyl sites for hydroxylation is 1. The van der Waals surface area contributed by atoms with Gasteiger partial charge >= 0.3 is 0 Å². The Morgan fingerprint density at radius 2 is 2.05 bits per heavy atom. The molecule has 0 radical (unpaired) electrons. The summed E-state index contributed by atoms with van der Waals surface area (Å²) in [4.78, 5) is 26.7. The Balaban J connectivity index is 1.35. The van der Waals surface area contributed by atoms with Gasteiger partial charge in [-0.05, 0) is 32.5 Å². The van der Waals surface area contributed by atoms with E-state index in [1.807, 2.05) is 15.9 Å². The lowest BCUT2D eigenvalue weighted by Crippen LogP contribution is -2.50. The van der Waals surface area contributed by atoms with E-state index in [0.717, 1.165) is 24.6 Å². The molecule has 11 nitrogen and oxygen atoms in total. The van der Waals surface area contributed by atoms with Crippen molar-refractivity contribution >= 4 is 35.2 Å². The van der Waals surface area contributed by atoms with E-state index in [-0.39, 0.29) is 35.8 Å². The van der Waals surface area contributed by atoms with Crippen LogP contribution in [0.15, 0.2) is 40.1 Å². The van der Waals surface area contributed by atoms with E-state index >= 15 is 0 Å². The van der Waals surface area contributed by atoms with E-state index in [1.165, 1.54) is 6.07 Å². The molecule has 3 aromatic rings. The Hall–Kier alpha value is -4.26. The lowest BCUT2D eigenvalue weighted by atomic mass is 10.2. The van der Waals surface area contributed by atoms with Crippen LogP contribution in [-0.2, 0) is 4.79 Å². The van der Waals surface area contributed by atoms with Crippen molar-refractivity contribution in [2.75, 3.05) is 44.8 Å². The molecule has 1 saturated heterocycles. The summed E-state index contributed by atoms with van der Waals surface area (Å²) < 4.78 is 35.1. The van der Waals surface area contributed by atoms with Crippen molar-refractivity contribution in [1.82, 2.24) is 25.0 Å². The Labute approximate surface area is 223 Å². The second-order valence-corrected chi connectivity index (χ2v) is 9.73. The first-order chi connectivity index (χ1) is 18.8. The molecule has 13 heteroatoms. The molecular formula is C26H31F2N9O2. The summed E-state index contributed by atoms with van der Waals surface area (Å²) in [6, 6.07) is 4.48. The van der Waals surface area contributed by atoms with E-state index in [0.29, 0.717) is 55.3 Å². The van der Waals surface area contributed by atoms with Gasteiger partial charge < -0.3 is 25.7 Å². The number of anilines is 1. The molecule has 1 aliphatic carbocycles. The van der Waals surface area contributed by atoms with Gasteiger partial charge in [0.05, 0.1) is 12.1 Å². The molecular weight excluding hydrogens is 508 g/mol. The smallest absolute Gasteiger partial charge is 0.231 e. The number of carbonyl (C=O) groups excluding carboxylic acids is 1. The molecule has 0 unspecified atom stereocenters.